The third-order valence-corrected chi connectivity index (χ3v) is 4.31. The van der Waals surface area contributed by atoms with Gasteiger partial charge in [0, 0.05) is 5.56 Å². The molecule has 2 N–H and O–H groups in total. The molecular formula is C18H16ClN3O3. The van der Waals surface area contributed by atoms with Crippen molar-refractivity contribution in [1.29, 1.82) is 0 Å². The minimum atomic E-state index is -0.285. The van der Waals surface area contributed by atoms with E-state index in [1.807, 2.05) is 31.2 Å². The molecule has 3 aromatic rings. The highest BCUT2D eigenvalue weighted by atomic mass is 35.5. The lowest BCUT2D eigenvalue weighted by molar-refractivity contribution is 0.0937. The highest BCUT2D eigenvalue weighted by molar-refractivity contribution is 6.32. The smallest absolute Gasteiger partial charge is 0.252 e. The highest BCUT2D eigenvalue weighted by Gasteiger charge is 2.21. The van der Waals surface area contributed by atoms with E-state index in [4.69, 9.17) is 21.1 Å². The van der Waals surface area contributed by atoms with Crippen molar-refractivity contribution in [1.82, 2.24) is 15.3 Å². The molecule has 0 aliphatic carbocycles. The number of rotatable bonds is 3. The molecule has 2 heterocycles. The first kappa shape index (κ1) is 15.8. The van der Waals surface area contributed by atoms with Crippen LogP contribution in [0.2, 0.25) is 5.02 Å². The van der Waals surface area contributed by atoms with Crippen molar-refractivity contribution in [3.8, 4) is 11.5 Å². The minimum absolute atomic E-state index is 0.258. The van der Waals surface area contributed by atoms with E-state index in [0.717, 1.165) is 11.0 Å². The summed E-state index contributed by atoms with van der Waals surface area (Å²) in [5.41, 5.74) is 2.21. The molecule has 1 aliphatic rings. The monoisotopic (exact) mass is 357 g/mol. The van der Waals surface area contributed by atoms with Crippen LogP contribution in [0.1, 0.15) is 29.1 Å². The first-order chi connectivity index (χ1) is 12.1. The third-order valence-electron chi connectivity index (χ3n) is 4.02. The Morgan fingerprint density at radius 3 is 2.92 bits per heavy atom. The van der Waals surface area contributed by atoms with Gasteiger partial charge in [-0.15, -0.1) is 0 Å². The van der Waals surface area contributed by atoms with E-state index in [9.17, 15) is 4.79 Å². The molecule has 2 aromatic carbocycles. The Kier molecular flexibility index (Phi) is 3.97. The lowest BCUT2D eigenvalue weighted by Crippen LogP contribution is -2.27. The van der Waals surface area contributed by atoms with Crippen molar-refractivity contribution >= 4 is 28.5 Å². The van der Waals surface area contributed by atoms with Crippen molar-refractivity contribution in [2.75, 3.05) is 13.2 Å². The van der Waals surface area contributed by atoms with Crippen LogP contribution in [0.15, 0.2) is 36.4 Å². The molecule has 0 saturated carbocycles. The number of nitrogens with one attached hydrogen (secondary N) is 2. The van der Waals surface area contributed by atoms with Gasteiger partial charge in [0.05, 0.1) is 22.1 Å². The van der Waals surface area contributed by atoms with Gasteiger partial charge >= 0.3 is 0 Å². The second-order valence-electron chi connectivity index (χ2n) is 5.82. The molecule has 6 nitrogen and oxygen atoms in total. The molecule has 0 saturated heterocycles. The van der Waals surface area contributed by atoms with Crippen molar-refractivity contribution in [2.24, 2.45) is 0 Å². The van der Waals surface area contributed by atoms with E-state index in [1.165, 1.54) is 0 Å². The summed E-state index contributed by atoms with van der Waals surface area (Å²) in [5, 5.41) is 3.28. The van der Waals surface area contributed by atoms with Crippen LogP contribution in [-0.4, -0.2) is 29.1 Å². The number of ether oxygens (including phenoxy) is 2. The number of halogens is 1. The van der Waals surface area contributed by atoms with E-state index in [-0.39, 0.29) is 11.9 Å². The molecule has 0 spiro atoms. The van der Waals surface area contributed by atoms with Gasteiger partial charge in [-0.3, -0.25) is 4.79 Å². The second-order valence-corrected chi connectivity index (χ2v) is 6.22. The number of H-pyrrole nitrogens is 1. The molecule has 1 atom stereocenters. The summed E-state index contributed by atoms with van der Waals surface area (Å²) in [5.74, 6) is 1.40. The molecule has 128 valence electrons. The second kappa shape index (κ2) is 6.29. The van der Waals surface area contributed by atoms with Crippen LogP contribution in [0.25, 0.3) is 11.0 Å². The summed E-state index contributed by atoms with van der Waals surface area (Å²) in [6.07, 6.45) is 0. The standard InChI is InChI=1S/C18H16ClN3O3/c1-10(17-21-13-4-2-3-5-14(13)22-17)20-18(23)11-8-12(19)16-15(9-11)24-6-7-25-16/h2-5,8-10H,6-7H2,1H3,(H,20,23)(H,21,22). The number of hydrogen-bond acceptors (Lipinski definition) is 4. The van der Waals surface area contributed by atoms with Gasteiger partial charge in [-0.1, -0.05) is 23.7 Å². The van der Waals surface area contributed by atoms with Crippen molar-refractivity contribution in [3.05, 3.63) is 52.8 Å². The van der Waals surface area contributed by atoms with Gasteiger partial charge in [0.2, 0.25) is 0 Å². The predicted octanol–water partition coefficient (Wildman–Crippen LogP) is 3.48. The van der Waals surface area contributed by atoms with E-state index < -0.39 is 0 Å². The number of hydrogen-bond donors (Lipinski definition) is 2. The molecule has 1 aliphatic heterocycles. The van der Waals surface area contributed by atoms with Crippen LogP contribution < -0.4 is 14.8 Å². The summed E-state index contributed by atoms with van der Waals surface area (Å²) in [7, 11) is 0. The molecule has 0 radical (unpaired) electrons. The fourth-order valence-electron chi connectivity index (χ4n) is 2.77. The van der Waals surface area contributed by atoms with Gasteiger partial charge in [-0.05, 0) is 31.2 Å². The normalized spacial score (nSPS) is 14.3. The molecule has 0 fully saturated rings. The Hall–Kier alpha value is -2.73. The maximum atomic E-state index is 12.6. The van der Waals surface area contributed by atoms with E-state index in [2.05, 4.69) is 15.3 Å². The van der Waals surface area contributed by atoms with Crippen LogP contribution >= 0.6 is 11.6 Å². The molecule has 7 heteroatoms. The number of carbonyl (C=O) groups excluding carboxylic acids is 1. The quantitative estimate of drug-likeness (QED) is 0.752. The fraction of sp³-hybridized carbons (Fsp3) is 0.222. The number of aromatic amines is 1. The number of amides is 1. The first-order valence-electron chi connectivity index (χ1n) is 7.96. The minimum Gasteiger partial charge on any atom is -0.486 e. The molecule has 1 unspecified atom stereocenters. The Morgan fingerprint density at radius 1 is 1.28 bits per heavy atom. The molecule has 25 heavy (non-hydrogen) atoms. The Bertz CT molecular complexity index is 921. The van der Waals surface area contributed by atoms with E-state index >= 15 is 0 Å². The van der Waals surface area contributed by atoms with Crippen LogP contribution in [0.4, 0.5) is 0 Å². The van der Waals surface area contributed by atoms with Gasteiger partial charge < -0.3 is 19.8 Å². The summed E-state index contributed by atoms with van der Waals surface area (Å²) < 4.78 is 11.0. The van der Waals surface area contributed by atoms with Crippen molar-refractivity contribution in [2.45, 2.75) is 13.0 Å². The van der Waals surface area contributed by atoms with Gasteiger partial charge in [0.1, 0.15) is 19.0 Å². The zero-order chi connectivity index (χ0) is 17.4. The lowest BCUT2D eigenvalue weighted by Gasteiger charge is -2.20. The third kappa shape index (κ3) is 3.00. The zero-order valence-corrected chi connectivity index (χ0v) is 14.3. The maximum Gasteiger partial charge on any atom is 0.252 e. The Labute approximate surface area is 149 Å². The topological polar surface area (TPSA) is 76.2 Å². The van der Waals surface area contributed by atoms with Gasteiger partial charge in [-0.25, -0.2) is 4.98 Å². The van der Waals surface area contributed by atoms with Crippen LogP contribution in [0, 0.1) is 0 Å². The average Bonchev–Trinajstić information content (AvgIpc) is 3.06. The number of carbonyl (C=O) groups is 1. The summed E-state index contributed by atoms with van der Waals surface area (Å²) in [6, 6.07) is 10.7. The van der Waals surface area contributed by atoms with Crippen molar-refractivity contribution in [3.63, 3.8) is 0 Å². The largest absolute Gasteiger partial charge is 0.486 e. The van der Waals surface area contributed by atoms with Gasteiger partial charge in [-0.2, -0.15) is 0 Å². The van der Waals surface area contributed by atoms with Gasteiger partial charge in [0.15, 0.2) is 11.5 Å². The number of imidazole rings is 1. The van der Waals surface area contributed by atoms with Crippen LogP contribution in [0.3, 0.4) is 0 Å². The number of fused-ring (bicyclic) bond motifs is 2. The fourth-order valence-corrected chi connectivity index (χ4v) is 3.03. The van der Waals surface area contributed by atoms with E-state index in [1.54, 1.807) is 12.1 Å². The average molecular weight is 358 g/mol. The molecule has 1 aromatic heterocycles. The molecule has 0 bridgehead atoms. The lowest BCUT2D eigenvalue weighted by atomic mass is 10.1. The summed E-state index contributed by atoms with van der Waals surface area (Å²) in [6.45, 7) is 2.75. The van der Waals surface area contributed by atoms with Gasteiger partial charge in [0.25, 0.3) is 5.91 Å². The van der Waals surface area contributed by atoms with Crippen molar-refractivity contribution < 1.29 is 14.3 Å². The Balaban J connectivity index is 1.56. The maximum absolute atomic E-state index is 12.6. The highest BCUT2D eigenvalue weighted by Crippen LogP contribution is 2.38. The molecule has 4 rings (SSSR count). The first-order valence-corrected chi connectivity index (χ1v) is 8.34. The van der Waals surface area contributed by atoms with Crippen LogP contribution in [-0.2, 0) is 0 Å². The van der Waals surface area contributed by atoms with E-state index in [0.29, 0.717) is 41.1 Å². The molecule has 1 amide bonds. The summed E-state index contributed by atoms with van der Waals surface area (Å²) in [4.78, 5) is 20.3. The SMILES string of the molecule is CC(NC(=O)c1cc(Cl)c2c(c1)OCCO2)c1nc2ccccc2[nH]1. The number of aromatic nitrogens is 2. The Morgan fingerprint density at radius 2 is 2.08 bits per heavy atom. The zero-order valence-electron chi connectivity index (χ0n) is 13.5. The van der Waals surface area contributed by atoms with Crippen LogP contribution in [0.5, 0.6) is 11.5 Å². The predicted molar refractivity (Wildman–Crippen MR) is 94.4 cm³/mol. The number of nitrogens with zero attached hydrogens (tertiary/aromatic N) is 1. The molecular weight excluding hydrogens is 342 g/mol. The number of benzene rings is 2. The number of para-hydroxylation sites is 2. The summed E-state index contributed by atoms with van der Waals surface area (Å²) >= 11 is 6.19.